The SMILES string of the molecule is CNc1nc(Cl)nc(NC(C)c2ncc(C)s2)n1. The normalized spacial score (nSPS) is 12.2. The summed E-state index contributed by atoms with van der Waals surface area (Å²) in [5.41, 5.74) is 0. The average Bonchev–Trinajstić information content (AvgIpc) is 2.75. The molecule has 0 saturated carbocycles. The van der Waals surface area contributed by atoms with Gasteiger partial charge in [-0.25, -0.2) is 4.98 Å². The molecule has 0 radical (unpaired) electrons. The third-order valence-electron chi connectivity index (χ3n) is 2.19. The maximum absolute atomic E-state index is 5.81. The van der Waals surface area contributed by atoms with E-state index in [0.717, 1.165) is 5.01 Å². The Balaban J connectivity index is 2.16. The van der Waals surface area contributed by atoms with Gasteiger partial charge in [-0.3, -0.25) is 0 Å². The van der Waals surface area contributed by atoms with Gasteiger partial charge in [-0.15, -0.1) is 11.3 Å². The van der Waals surface area contributed by atoms with Crippen LogP contribution in [0.25, 0.3) is 0 Å². The van der Waals surface area contributed by atoms with Crippen molar-refractivity contribution in [1.29, 1.82) is 0 Å². The van der Waals surface area contributed by atoms with Gasteiger partial charge >= 0.3 is 0 Å². The molecular weight excluding hydrogens is 272 g/mol. The molecule has 18 heavy (non-hydrogen) atoms. The number of aryl methyl sites for hydroxylation is 1. The molecule has 0 fully saturated rings. The Hall–Kier alpha value is -1.47. The van der Waals surface area contributed by atoms with Crippen molar-refractivity contribution in [3.63, 3.8) is 0 Å². The lowest BCUT2D eigenvalue weighted by molar-refractivity contribution is 0.843. The summed E-state index contributed by atoms with van der Waals surface area (Å²) >= 11 is 7.44. The Bertz CT molecular complexity index is 543. The summed E-state index contributed by atoms with van der Waals surface area (Å²) < 4.78 is 0. The maximum atomic E-state index is 5.81. The predicted octanol–water partition coefficient (Wildman–Crippen LogP) is 2.50. The molecule has 1 unspecified atom stereocenters. The summed E-state index contributed by atoms with van der Waals surface area (Å²) in [6.07, 6.45) is 1.84. The molecule has 2 aromatic heterocycles. The van der Waals surface area contributed by atoms with Crippen LogP contribution in [0, 0.1) is 6.92 Å². The van der Waals surface area contributed by atoms with Crippen LogP contribution in [-0.2, 0) is 0 Å². The summed E-state index contributed by atoms with van der Waals surface area (Å²) in [6, 6.07) is 0.0203. The van der Waals surface area contributed by atoms with Gasteiger partial charge in [0.1, 0.15) is 5.01 Å². The minimum Gasteiger partial charge on any atom is -0.357 e. The third kappa shape index (κ3) is 3.05. The first-order valence-corrected chi connectivity index (χ1v) is 6.56. The van der Waals surface area contributed by atoms with E-state index in [2.05, 4.69) is 30.6 Å². The summed E-state index contributed by atoms with van der Waals surface area (Å²) in [4.78, 5) is 17.6. The Morgan fingerprint density at radius 2 is 2.00 bits per heavy atom. The lowest BCUT2D eigenvalue weighted by atomic mass is 10.4. The van der Waals surface area contributed by atoms with Crippen LogP contribution in [0.2, 0.25) is 5.28 Å². The molecule has 0 aromatic carbocycles. The zero-order valence-corrected chi connectivity index (χ0v) is 11.8. The molecule has 2 aromatic rings. The highest BCUT2D eigenvalue weighted by Crippen LogP contribution is 2.22. The third-order valence-corrected chi connectivity index (χ3v) is 3.45. The van der Waals surface area contributed by atoms with Crippen molar-refractivity contribution < 1.29 is 0 Å². The van der Waals surface area contributed by atoms with E-state index < -0.39 is 0 Å². The second-order valence-electron chi connectivity index (χ2n) is 3.68. The molecule has 0 aliphatic heterocycles. The van der Waals surface area contributed by atoms with E-state index in [1.807, 2.05) is 20.0 Å². The number of aromatic nitrogens is 4. The standard InChI is InChI=1S/C10H13ClN6S/c1-5-4-13-7(18-5)6(2)14-10-16-8(11)15-9(12-3)17-10/h4,6H,1-3H3,(H2,12,14,15,16,17). The second kappa shape index (κ2) is 5.45. The molecule has 0 bridgehead atoms. The van der Waals surface area contributed by atoms with Crippen LogP contribution in [0.1, 0.15) is 22.9 Å². The van der Waals surface area contributed by atoms with Gasteiger partial charge in [0.2, 0.25) is 17.2 Å². The van der Waals surface area contributed by atoms with Crippen LogP contribution in [-0.4, -0.2) is 27.0 Å². The highest BCUT2D eigenvalue weighted by molar-refractivity contribution is 7.11. The molecule has 8 heteroatoms. The molecule has 96 valence electrons. The maximum Gasteiger partial charge on any atom is 0.229 e. The number of nitrogens with one attached hydrogen (secondary N) is 2. The molecule has 2 heterocycles. The van der Waals surface area contributed by atoms with Gasteiger partial charge in [-0.1, -0.05) is 0 Å². The van der Waals surface area contributed by atoms with Crippen LogP contribution in [0.15, 0.2) is 6.20 Å². The molecule has 0 aliphatic rings. The lowest BCUT2D eigenvalue weighted by Crippen LogP contribution is -2.11. The number of hydrogen-bond acceptors (Lipinski definition) is 7. The van der Waals surface area contributed by atoms with Gasteiger partial charge in [0.05, 0.1) is 6.04 Å². The van der Waals surface area contributed by atoms with E-state index in [-0.39, 0.29) is 11.3 Å². The van der Waals surface area contributed by atoms with Gasteiger partial charge in [0, 0.05) is 18.1 Å². The van der Waals surface area contributed by atoms with Crippen molar-refractivity contribution in [2.45, 2.75) is 19.9 Å². The highest BCUT2D eigenvalue weighted by Gasteiger charge is 2.12. The zero-order chi connectivity index (χ0) is 13.1. The van der Waals surface area contributed by atoms with Crippen molar-refractivity contribution in [1.82, 2.24) is 19.9 Å². The first-order chi connectivity index (χ1) is 8.58. The van der Waals surface area contributed by atoms with Gasteiger partial charge in [-0.05, 0) is 25.4 Å². The molecule has 0 amide bonds. The number of halogens is 1. The van der Waals surface area contributed by atoms with Crippen LogP contribution in [0.3, 0.4) is 0 Å². The largest absolute Gasteiger partial charge is 0.357 e. The fraction of sp³-hybridized carbons (Fsp3) is 0.400. The Kier molecular flexibility index (Phi) is 3.93. The summed E-state index contributed by atoms with van der Waals surface area (Å²) in [5.74, 6) is 0.861. The van der Waals surface area contributed by atoms with Gasteiger partial charge in [0.15, 0.2) is 0 Å². The van der Waals surface area contributed by atoms with E-state index in [1.54, 1.807) is 18.4 Å². The molecule has 1 atom stereocenters. The molecule has 2 N–H and O–H groups in total. The Morgan fingerprint density at radius 3 is 2.61 bits per heavy atom. The van der Waals surface area contributed by atoms with E-state index in [0.29, 0.717) is 11.9 Å². The van der Waals surface area contributed by atoms with Crippen LogP contribution < -0.4 is 10.6 Å². The second-order valence-corrected chi connectivity index (χ2v) is 5.28. The van der Waals surface area contributed by atoms with Crippen molar-refractivity contribution in [3.05, 3.63) is 21.4 Å². The molecule has 0 saturated heterocycles. The number of rotatable bonds is 4. The summed E-state index contributed by atoms with van der Waals surface area (Å²) in [5, 5.41) is 7.11. The van der Waals surface area contributed by atoms with Crippen molar-refractivity contribution in [2.75, 3.05) is 17.7 Å². The smallest absolute Gasteiger partial charge is 0.229 e. The highest BCUT2D eigenvalue weighted by atomic mass is 35.5. The summed E-state index contributed by atoms with van der Waals surface area (Å²) in [7, 11) is 1.73. The first-order valence-electron chi connectivity index (χ1n) is 5.36. The van der Waals surface area contributed by atoms with Gasteiger partial charge < -0.3 is 10.6 Å². The molecule has 0 spiro atoms. The molecule has 0 aliphatic carbocycles. The number of nitrogens with zero attached hydrogens (tertiary/aromatic N) is 4. The molecular formula is C10H13ClN6S. The van der Waals surface area contributed by atoms with Crippen LogP contribution in [0.4, 0.5) is 11.9 Å². The van der Waals surface area contributed by atoms with Crippen molar-refractivity contribution in [2.24, 2.45) is 0 Å². The Labute approximate surface area is 114 Å². The average molecular weight is 285 g/mol. The Morgan fingerprint density at radius 1 is 1.28 bits per heavy atom. The topological polar surface area (TPSA) is 75.6 Å². The van der Waals surface area contributed by atoms with Crippen molar-refractivity contribution in [3.8, 4) is 0 Å². The van der Waals surface area contributed by atoms with Crippen LogP contribution >= 0.6 is 22.9 Å². The lowest BCUT2D eigenvalue weighted by Gasteiger charge is -2.11. The van der Waals surface area contributed by atoms with Gasteiger partial charge in [0.25, 0.3) is 0 Å². The van der Waals surface area contributed by atoms with E-state index in [1.165, 1.54) is 4.88 Å². The van der Waals surface area contributed by atoms with E-state index >= 15 is 0 Å². The summed E-state index contributed by atoms with van der Waals surface area (Å²) in [6.45, 7) is 4.02. The number of anilines is 2. The monoisotopic (exact) mass is 284 g/mol. The fourth-order valence-electron chi connectivity index (χ4n) is 1.35. The number of thiazole rings is 1. The number of hydrogen-bond donors (Lipinski definition) is 2. The fourth-order valence-corrected chi connectivity index (χ4v) is 2.29. The van der Waals surface area contributed by atoms with Crippen molar-refractivity contribution >= 4 is 34.8 Å². The predicted molar refractivity (Wildman–Crippen MR) is 73.3 cm³/mol. The quantitative estimate of drug-likeness (QED) is 0.898. The van der Waals surface area contributed by atoms with Gasteiger partial charge in [-0.2, -0.15) is 15.0 Å². The minimum absolute atomic E-state index is 0.0203. The zero-order valence-electron chi connectivity index (χ0n) is 10.2. The van der Waals surface area contributed by atoms with Crippen LogP contribution in [0.5, 0.6) is 0 Å². The first kappa shape index (κ1) is 13.0. The molecule has 6 nitrogen and oxygen atoms in total. The van der Waals surface area contributed by atoms with E-state index in [4.69, 9.17) is 11.6 Å². The minimum atomic E-state index is 0.0203. The van der Waals surface area contributed by atoms with E-state index in [9.17, 15) is 0 Å². The molecule has 2 rings (SSSR count).